The third kappa shape index (κ3) is 4.75. The van der Waals surface area contributed by atoms with E-state index in [0.29, 0.717) is 26.9 Å². The molecule has 3 atom stereocenters. The number of anilines is 2. The molecule has 0 spiro atoms. The molecule has 0 bridgehead atoms. The largest absolute Gasteiger partial charge is 0.508 e. The lowest BCUT2D eigenvalue weighted by atomic mass is 9.83. The molecule has 3 heterocycles. The van der Waals surface area contributed by atoms with Crippen molar-refractivity contribution in [2.45, 2.75) is 16.2 Å². The van der Waals surface area contributed by atoms with Crippen molar-refractivity contribution in [1.29, 1.82) is 0 Å². The minimum atomic E-state index is -0.811. The van der Waals surface area contributed by atoms with Crippen molar-refractivity contribution in [3.63, 3.8) is 0 Å². The number of aromatic nitrogens is 1. The number of carbonyl (C=O) groups excluding carboxylic acids is 3. The number of nitrogens with one attached hydrogen (secondary N) is 2. The van der Waals surface area contributed by atoms with Crippen molar-refractivity contribution in [3.05, 3.63) is 98.7 Å². The lowest BCUT2D eigenvalue weighted by Gasteiger charge is -2.30. The number of phenols is 1. The van der Waals surface area contributed by atoms with Gasteiger partial charge in [-0.05, 0) is 66.2 Å². The molecule has 12 heteroatoms. The van der Waals surface area contributed by atoms with Gasteiger partial charge < -0.3 is 20.1 Å². The highest BCUT2D eigenvalue weighted by Crippen LogP contribution is 2.53. The summed E-state index contributed by atoms with van der Waals surface area (Å²) in [5.74, 6) is -2.77. The van der Waals surface area contributed by atoms with E-state index in [-0.39, 0.29) is 22.9 Å². The monoisotopic (exact) mass is 577 g/mol. The molecule has 1 fully saturated rings. The van der Waals surface area contributed by atoms with Crippen molar-refractivity contribution in [2.75, 3.05) is 16.8 Å². The molecule has 3 N–H and O–H groups in total. The summed E-state index contributed by atoms with van der Waals surface area (Å²) >= 11 is 2.13. The SMILES string of the molecule is O=C(COc1cccc([C@H]2c3sc(=O)[nH]c3SC3C(=O)N(c4ccc(F)cc4)C(=O)C32)c1)Nc1ccc(O)cc1. The molecule has 3 aromatic carbocycles. The number of halogens is 1. The van der Waals surface area contributed by atoms with E-state index in [1.807, 2.05) is 0 Å². The van der Waals surface area contributed by atoms with Crippen LogP contribution in [0.25, 0.3) is 0 Å². The predicted octanol–water partition coefficient (Wildman–Crippen LogP) is 4.09. The molecule has 4 aromatic rings. The third-order valence-electron chi connectivity index (χ3n) is 6.65. The minimum Gasteiger partial charge on any atom is -0.508 e. The average Bonchev–Trinajstić information content (AvgIpc) is 3.43. The van der Waals surface area contributed by atoms with Crippen molar-refractivity contribution in [2.24, 2.45) is 5.92 Å². The summed E-state index contributed by atoms with van der Waals surface area (Å²) in [6.07, 6.45) is 0. The number of carbonyl (C=O) groups is 3. The maximum Gasteiger partial charge on any atom is 0.305 e. The van der Waals surface area contributed by atoms with E-state index < -0.39 is 40.6 Å². The highest BCUT2D eigenvalue weighted by Gasteiger charge is 2.56. The number of amides is 3. The summed E-state index contributed by atoms with van der Waals surface area (Å²) in [6.45, 7) is -0.296. The van der Waals surface area contributed by atoms with Crippen LogP contribution in [-0.4, -0.2) is 39.7 Å². The number of aromatic amines is 1. The highest BCUT2D eigenvalue weighted by molar-refractivity contribution is 8.00. The molecule has 40 heavy (non-hydrogen) atoms. The Morgan fingerprint density at radius 2 is 1.77 bits per heavy atom. The van der Waals surface area contributed by atoms with Gasteiger partial charge in [-0.25, -0.2) is 9.29 Å². The van der Waals surface area contributed by atoms with Gasteiger partial charge >= 0.3 is 4.87 Å². The second kappa shape index (κ2) is 10.3. The highest BCUT2D eigenvalue weighted by atomic mass is 32.2. The van der Waals surface area contributed by atoms with Gasteiger partial charge in [0.2, 0.25) is 11.8 Å². The zero-order valence-electron chi connectivity index (χ0n) is 20.5. The Hall–Kier alpha value is -4.42. The number of nitrogens with zero attached hydrogens (tertiary/aromatic N) is 1. The molecule has 9 nitrogen and oxygen atoms in total. The molecule has 1 aromatic heterocycles. The third-order valence-corrected chi connectivity index (χ3v) is 9.05. The first-order valence-corrected chi connectivity index (χ1v) is 13.8. The number of rotatable bonds is 6. The molecule has 2 aliphatic rings. The number of hydrogen-bond acceptors (Lipinski definition) is 8. The number of imide groups is 1. The molecule has 2 aliphatic heterocycles. The quantitative estimate of drug-likeness (QED) is 0.233. The predicted molar refractivity (Wildman–Crippen MR) is 147 cm³/mol. The lowest BCUT2D eigenvalue weighted by Crippen LogP contribution is -2.32. The van der Waals surface area contributed by atoms with Gasteiger partial charge in [0, 0.05) is 16.5 Å². The summed E-state index contributed by atoms with van der Waals surface area (Å²) in [5.41, 5.74) is 1.42. The van der Waals surface area contributed by atoms with E-state index in [1.165, 1.54) is 36.4 Å². The van der Waals surface area contributed by atoms with Crippen LogP contribution in [0.2, 0.25) is 0 Å². The van der Waals surface area contributed by atoms with Gasteiger partial charge in [0.15, 0.2) is 6.61 Å². The first-order valence-electron chi connectivity index (χ1n) is 12.1. The number of hydrogen-bond donors (Lipinski definition) is 3. The fourth-order valence-corrected chi connectivity index (χ4v) is 7.42. The Balaban J connectivity index is 1.28. The van der Waals surface area contributed by atoms with Crippen LogP contribution in [0.3, 0.4) is 0 Å². The summed E-state index contributed by atoms with van der Waals surface area (Å²) in [4.78, 5) is 56.1. The van der Waals surface area contributed by atoms with Crippen LogP contribution in [0, 0.1) is 11.7 Å². The van der Waals surface area contributed by atoms with Gasteiger partial charge in [0.05, 0.1) is 16.6 Å². The van der Waals surface area contributed by atoms with Gasteiger partial charge in [-0.15, -0.1) is 0 Å². The minimum absolute atomic E-state index is 0.0771. The number of thioether (sulfide) groups is 1. The van der Waals surface area contributed by atoms with E-state index in [9.17, 15) is 28.7 Å². The number of ether oxygens (including phenoxy) is 1. The summed E-state index contributed by atoms with van der Waals surface area (Å²) in [7, 11) is 0. The smallest absolute Gasteiger partial charge is 0.305 e. The van der Waals surface area contributed by atoms with Gasteiger partial charge in [-0.1, -0.05) is 35.2 Å². The van der Waals surface area contributed by atoms with E-state index in [1.54, 1.807) is 36.4 Å². The normalized spacial score (nSPS) is 19.7. The van der Waals surface area contributed by atoms with Gasteiger partial charge in [0.1, 0.15) is 22.6 Å². The van der Waals surface area contributed by atoms with Crippen LogP contribution in [0.4, 0.5) is 15.8 Å². The van der Waals surface area contributed by atoms with Crippen LogP contribution in [0.5, 0.6) is 11.5 Å². The maximum atomic E-state index is 13.7. The van der Waals surface area contributed by atoms with E-state index in [0.717, 1.165) is 28.0 Å². The molecule has 3 amide bonds. The number of phenolic OH excluding ortho intramolecular Hbond substituents is 1. The van der Waals surface area contributed by atoms with Crippen LogP contribution in [0.15, 0.2) is 82.6 Å². The zero-order chi connectivity index (χ0) is 28.0. The second-order valence-corrected chi connectivity index (χ2v) is 11.4. The van der Waals surface area contributed by atoms with Gasteiger partial charge in [-0.3, -0.25) is 19.2 Å². The first kappa shape index (κ1) is 25.8. The Bertz CT molecular complexity index is 1690. The molecule has 0 radical (unpaired) electrons. The molecule has 0 aliphatic carbocycles. The Kier molecular flexibility index (Phi) is 6.64. The fraction of sp³-hybridized carbons (Fsp3) is 0.143. The Morgan fingerprint density at radius 1 is 1.02 bits per heavy atom. The molecule has 6 rings (SSSR count). The number of H-pyrrole nitrogens is 1. The lowest BCUT2D eigenvalue weighted by molar-refractivity contribution is -0.122. The molecule has 2 unspecified atom stereocenters. The summed E-state index contributed by atoms with van der Waals surface area (Å²) in [6, 6.07) is 18.0. The van der Waals surface area contributed by atoms with Crippen molar-refractivity contribution < 1.29 is 28.6 Å². The number of thiazole rings is 1. The molecule has 202 valence electrons. The molecular formula is C28H20FN3O6S2. The first-order chi connectivity index (χ1) is 19.3. The van der Waals surface area contributed by atoms with Crippen LogP contribution in [0.1, 0.15) is 16.4 Å². The molecular weight excluding hydrogens is 557 g/mol. The zero-order valence-corrected chi connectivity index (χ0v) is 22.1. The number of benzene rings is 3. The average molecular weight is 578 g/mol. The molecule has 1 saturated heterocycles. The van der Waals surface area contributed by atoms with Crippen molar-refractivity contribution in [3.8, 4) is 11.5 Å². The van der Waals surface area contributed by atoms with Crippen molar-refractivity contribution in [1.82, 2.24) is 4.98 Å². The van der Waals surface area contributed by atoms with E-state index >= 15 is 0 Å². The molecule has 0 saturated carbocycles. The standard InChI is InChI=1S/C28H20FN3O6S2/c29-15-4-8-17(9-5-15)32-26(35)22-21(23-25(31-28(37)40-23)39-24(22)27(32)36)14-2-1-3-19(12-14)38-13-20(34)30-16-6-10-18(33)11-7-16/h1-12,21-22,24,33H,13H2,(H,30,34)(H,31,37)/t21-,22?,24?/m1/s1. The van der Waals surface area contributed by atoms with Crippen LogP contribution in [-0.2, 0) is 14.4 Å². The van der Waals surface area contributed by atoms with Crippen molar-refractivity contribution >= 4 is 52.2 Å². The second-order valence-electron chi connectivity index (χ2n) is 9.19. The van der Waals surface area contributed by atoms with Gasteiger partial charge in [-0.2, -0.15) is 0 Å². The summed E-state index contributed by atoms with van der Waals surface area (Å²) in [5, 5.41) is 11.8. The summed E-state index contributed by atoms with van der Waals surface area (Å²) < 4.78 is 19.2. The fourth-order valence-electron chi connectivity index (χ4n) is 4.91. The number of fused-ring (bicyclic) bond motifs is 2. The topological polar surface area (TPSA) is 129 Å². The van der Waals surface area contributed by atoms with Crippen LogP contribution >= 0.6 is 23.1 Å². The Labute approximate surface area is 234 Å². The van der Waals surface area contributed by atoms with E-state index in [4.69, 9.17) is 4.74 Å². The van der Waals surface area contributed by atoms with Gasteiger partial charge in [0.25, 0.3) is 5.91 Å². The Morgan fingerprint density at radius 3 is 2.52 bits per heavy atom. The maximum absolute atomic E-state index is 13.7. The number of aromatic hydroxyl groups is 1. The van der Waals surface area contributed by atoms with E-state index in [2.05, 4.69) is 10.3 Å². The van der Waals surface area contributed by atoms with Crippen LogP contribution < -0.4 is 19.8 Å².